The van der Waals surface area contributed by atoms with Crippen molar-refractivity contribution < 1.29 is 9.13 Å². The molecule has 0 amide bonds. The molecular weight excluding hydrogens is 409 g/mol. The molecule has 1 saturated heterocycles. The molecule has 2 aromatic carbocycles. The molecule has 0 saturated carbocycles. The highest BCUT2D eigenvalue weighted by molar-refractivity contribution is 5.49. The predicted molar refractivity (Wildman–Crippen MR) is 122 cm³/mol. The van der Waals surface area contributed by atoms with Gasteiger partial charge in [0.2, 0.25) is 0 Å². The number of rotatable bonds is 8. The van der Waals surface area contributed by atoms with Crippen LogP contribution in [0.2, 0.25) is 0 Å². The molecular formula is C23H30FN7O. The number of piperazine rings is 1. The standard InChI is InChI=1S/C23H30FN7O/c1-28(2)19-10-8-18(9-11-19)22(23-25-26-27-31(23)16-17-32-3)30-14-12-29(13-15-30)21-7-5-4-6-20(21)24/h4-11,22H,12-17H2,1-3H3/t22-/m0/s1. The second-order valence-corrected chi connectivity index (χ2v) is 8.12. The van der Waals surface area contributed by atoms with Crippen LogP contribution in [0.5, 0.6) is 0 Å². The molecule has 0 aliphatic carbocycles. The third-order valence-electron chi connectivity index (χ3n) is 5.91. The van der Waals surface area contributed by atoms with Crippen LogP contribution in [-0.4, -0.2) is 79.1 Å². The van der Waals surface area contributed by atoms with Gasteiger partial charge in [-0.3, -0.25) is 4.90 Å². The molecule has 170 valence electrons. The number of tetrazole rings is 1. The zero-order valence-corrected chi connectivity index (χ0v) is 18.9. The third kappa shape index (κ3) is 4.73. The van der Waals surface area contributed by atoms with Crippen LogP contribution >= 0.6 is 0 Å². The van der Waals surface area contributed by atoms with Gasteiger partial charge in [0.05, 0.1) is 24.9 Å². The van der Waals surface area contributed by atoms with E-state index < -0.39 is 0 Å². The Morgan fingerprint density at radius 3 is 2.41 bits per heavy atom. The van der Waals surface area contributed by atoms with Gasteiger partial charge in [-0.1, -0.05) is 24.3 Å². The Labute approximate surface area is 188 Å². The van der Waals surface area contributed by atoms with Gasteiger partial charge in [-0.2, -0.15) is 0 Å². The summed E-state index contributed by atoms with van der Waals surface area (Å²) in [4.78, 5) is 6.55. The van der Waals surface area contributed by atoms with E-state index in [0.717, 1.165) is 43.3 Å². The van der Waals surface area contributed by atoms with E-state index in [1.54, 1.807) is 13.2 Å². The van der Waals surface area contributed by atoms with Crippen LogP contribution < -0.4 is 9.80 Å². The lowest BCUT2D eigenvalue weighted by atomic mass is 10.0. The SMILES string of the molecule is COCCn1nnnc1[C@H](c1ccc(N(C)C)cc1)N1CCN(c2ccccc2F)CC1. The Hall–Kier alpha value is -3.04. The van der Waals surface area contributed by atoms with Crippen molar-refractivity contribution in [2.24, 2.45) is 0 Å². The molecule has 0 unspecified atom stereocenters. The fourth-order valence-corrected chi connectivity index (χ4v) is 4.15. The summed E-state index contributed by atoms with van der Waals surface area (Å²) >= 11 is 0. The van der Waals surface area contributed by atoms with E-state index in [1.165, 1.54) is 6.07 Å². The van der Waals surface area contributed by atoms with Crippen LogP contribution in [0, 0.1) is 5.82 Å². The zero-order chi connectivity index (χ0) is 22.5. The number of aromatic nitrogens is 4. The number of para-hydroxylation sites is 1. The number of methoxy groups -OCH3 is 1. The maximum Gasteiger partial charge on any atom is 0.173 e. The van der Waals surface area contributed by atoms with Crippen molar-refractivity contribution in [2.75, 3.05) is 63.8 Å². The second kappa shape index (κ2) is 10.1. The van der Waals surface area contributed by atoms with Crippen molar-refractivity contribution in [3.05, 3.63) is 65.7 Å². The van der Waals surface area contributed by atoms with Gasteiger partial charge in [0.25, 0.3) is 0 Å². The van der Waals surface area contributed by atoms with Crippen LogP contribution in [0.3, 0.4) is 0 Å². The van der Waals surface area contributed by atoms with Crippen molar-refractivity contribution in [1.82, 2.24) is 25.1 Å². The summed E-state index contributed by atoms with van der Waals surface area (Å²) in [5, 5.41) is 12.5. The van der Waals surface area contributed by atoms with Gasteiger partial charge in [0.1, 0.15) is 5.82 Å². The van der Waals surface area contributed by atoms with Gasteiger partial charge in [0, 0.05) is 53.1 Å². The fraction of sp³-hybridized carbons (Fsp3) is 0.435. The van der Waals surface area contributed by atoms with Crippen LogP contribution in [0.1, 0.15) is 17.4 Å². The molecule has 1 aliphatic rings. The molecule has 0 bridgehead atoms. The van der Waals surface area contributed by atoms with Crippen molar-refractivity contribution >= 4 is 11.4 Å². The summed E-state index contributed by atoms with van der Waals surface area (Å²) in [5.74, 6) is 0.610. The van der Waals surface area contributed by atoms with E-state index in [-0.39, 0.29) is 11.9 Å². The average Bonchev–Trinajstić information content (AvgIpc) is 3.27. The van der Waals surface area contributed by atoms with E-state index in [4.69, 9.17) is 4.74 Å². The minimum Gasteiger partial charge on any atom is -0.383 e. The highest BCUT2D eigenvalue weighted by Gasteiger charge is 2.31. The lowest BCUT2D eigenvalue weighted by Gasteiger charge is -2.40. The first-order chi connectivity index (χ1) is 15.6. The number of hydrogen-bond acceptors (Lipinski definition) is 7. The highest BCUT2D eigenvalue weighted by Crippen LogP contribution is 2.30. The fourth-order valence-electron chi connectivity index (χ4n) is 4.15. The lowest BCUT2D eigenvalue weighted by Crippen LogP contribution is -2.48. The number of benzene rings is 2. The Kier molecular flexibility index (Phi) is 6.96. The van der Waals surface area contributed by atoms with E-state index in [0.29, 0.717) is 18.8 Å². The third-order valence-corrected chi connectivity index (χ3v) is 5.91. The summed E-state index contributed by atoms with van der Waals surface area (Å²) in [6.45, 7) is 4.11. The normalized spacial score (nSPS) is 15.7. The van der Waals surface area contributed by atoms with Gasteiger partial charge >= 0.3 is 0 Å². The Morgan fingerprint density at radius 1 is 1.03 bits per heavy atom. The highest BCUT2D eigenvalue weighted by atomic mass is 19.1. The monoisotopic (exact) mass is 439 g/mol. The molecule has 32 heavy (non-hydrogen) atoms. The number of ether oxygens (including phenoxy) is 1. The van der Waals surface area contributed by atoms with Crippen LogP contribution in [0.4, 0.5) is 15.8 Å². The molecule has 2 heterocycles. The summed E-state index contributed by atoms with van der Waals surface area (Å²) < 4.78 is 21.3. The largest absolute Gasteiger partial charge is 0.383 e. The maximum absolute atomic E-state index is 14.3. The summed E-state index contributed by atoms with van der Waals surface area (Å²) in [6, 6.07) is 15.4. The van der Waals surface area contributed by atoms with Gasteiger partial charge in [-0.05, 0) is 40.3 Å². The van der Waals surface area contributed by atoms with E-state index >= 15 is 0 Å². The molecule has 0 N–H and O–H groups in total. The van der Waals surface area contributed by atoms with Crippen molar-refractivity contribution in [3.8, 4) is 0 Å². The van der Waals surface area contributed by atoms with E-state index in [1.807, 2.05) is 30.9 Å². The van der Waals surface area contributed by atoms with Gasteiger partial charge < -0.3 is 14.5 Å². The Bertz CT molecular complexity index is 1000. The van der Waals surface area contributed by atoms with Gasteiger partial charge in [0.15, 0.2) is 5.82 Å². The first-order valence-corrected chi connectivity index (χ1v) is 10.8. The number of hydrogen-bond donors (Lipinski definition) is 0. The molecule has 1 atom stereocenters. The molecule has 1 aliphatic heterocycles. The van der Waals surface area contributed by atoms with E-state index in [2.05, 4.69) is 54.5 Å². The molecule has 3 aromatic rings. The second-order valence-electron chi connectivity index (χ2n) is 8.12. The summed E-state index contributed by atoms with van der Waals surface area (Å²) in [6.07, 6.45) is 0. The Balaban J connectivity index is 1.60. The van der Waals surface area contributed by atoms with Crippen molar-refractivity contribution in [1.29, 1.82) is 0 Å². The number of nitrogens with zero attached hydrogens (tertiary/aromatic N) is 7. The molecule has 0 radical (unpaired) electrons. The molecule has 8 nitrogen and oxygen atoms in total. The Morgan fingerprint density at radius 2 is 1.75 bits per heavy atom. The van der Waals surface area contributed by atoms with Crippen LogP contribution in [-0.2, 0) is 11.3 Å². The summed E-state index contributed by atoms with van der Waals surface area (Å²) in [7, 11) is 5.73. The number of halogens is 1. The molecule has 1 aromatic heterocycles. The van der Waals surface area contributed by atoms with Crippen LogP contribution in [0.25, 0.3) is 0 Å². The average molecular weight is 440 g/mol. The maximum atomic E-state index is 14.3. The van der Waals surface area contributed by atoms with Gasteiger partial charge in [-0.15, -0.1) is 5.10 Å². The smallest absolute Gasteiger partial charge is 0.173 e. The molecule has 4 rings (SSSR count). The van der Waals surface area contributed by atoms with Crippen molar-refractivity contribution in [2.45, 2.75) is 12.6 Å². The van der Waals surface area contributed by atoms with E-state index in [9.17, 15) is 4.39 Å². The molecule has 1 fully saturated rings. The molecule has 0 spiro atoms. The van der Waals surface area contributed by atoms with Gasteiger partial charge in [-0.25, -0.2) is 9.07 Å². The topological polar surface area (TPSA) is 62.6 Å². The number of anilines is 2. The minimum absolute atomic E-state index is 0.0964. The van der Waals surface area contributed by atoms with Crippen molar-refractivity contribution in [3.63, 3.8) is 0 Å². The first-order valence-electron chi connectivity index (χ1n) is 10.8. The quantitative estimate of drug-likeness (QED) is 0.534. The van der Waals surface area contributed by atoms with Crippen LogP contribution in [0.15, 0.2) is 48.5 Å². The predicted octanol–water partition coefficient (Wildman–Crippen LogP) is 2.44. The molecule has 9 heteroatoms. The lowest BCUT2D eigenvalue weighted by molar-refractivity contribution is 0.171. The summed E-state index contributed by atoms with van der Waals surface area (Å²) in [5.41, 5.74) is 2.92. The minimum atomic E-state index is -0.180. The zero-order valence-electron chi connectivity index (χ0n) is 18.9. The first kappa shape index (κ1) is 22.2.